The fourth-order valence-electron chi connectivity index (χ4n) is 1.37. The van der Waals surface area contributed by atoms with E-state index in [1.165, 1.54) is 9.80 Å². The van der Waals surface area contributed by atoms with Gasteiger partial charge in [0.1, 0.15) is 6.04 Å². The molecule has 0 aliphatic carbocycles. The van der Waals surface area contributed by atoms with Crippen LogP contribution in [-0.4, -0.2) is 49.3 Å². The summed E-state index contributed by atoms with van der Waals surface area (Å²) in [6.45, 7) is 3.99. The standard InChI is InChI=1S/C10H20N2O2/c1-6-8(2)9(12(5)7-13)10(14)11(3)4/h7-9H,6H2,1-5H3. The van der Waals surface area contributed by atoms with Crippen LogP contribution in [0.1, 0.15) is 20.3 Å². The quantitative estimate of drug-likeness (QED) is 0.609. The zero-order valence-corrected chi connectivity index (χ0v) is 9.65. The zero-order chi connectivity index (χ0) is 11.3. The normalized spacial score (nSPS) is 14.4. The van der Waals surface area contributed by atoms with E-state index in [1.54, 1.807) is 21.1 Å². The lowest BCUT2D eigenvalue weighted by Gasteiger charge is -2.30. The van der Waals surface area contributed by atoms with E-state index < -0.39 is 0 Å². The fourth-order valence-corrected chi connectivity index (χ4v) is 1.37. The van der Waals surface area contributed by atoms with Gasteiger partial charge in [-0.3, -0.25) is 9.59 Å². The summed E-state index contributed by atoms with van der Waals surface area (Å²) in [7, 11) is 5.05. The maximum atomic E-state index is 11.8. The Hall–Kier alpha value is -1.06. The molecule has 0 fully saturated rings. The molecule has 4 heteroatoms. The van der Waals surface area contributed by atoms with Crippen LogP contribution < -0.4 is 0 Å². The van der Waals surface area contributed by atoms with Crippen LogP contribution in [0.4, 0.5) is 0 Å². The van der Waals surface area contributed by atoms with Crippen molar-refractivity contribution in [2.24, 2.45) is 5.92 Å². The van der Waals surface area contributed by atoms with Crippen LogP contribution in [0, 0.1) is 5.92 Å². The third-order valence-electron chi connectivity index (χ3n) is 2.48. The highest BCUT2D eigenvalue weighted by molar-refractivity contribution is 5.83. The Morgan fingerprint density at radius 1 is 1.36 bits per heavy atom. The van der Waals surface area contributed by atoms with Gasteiger partial charge in [0, 0.05) is 21.1 Å². The van der Waals surface area contributed by atoms with Gasteiger partial charge in [-0.2, -0.15) is 0 Å². The minimum Gasteiger partial charge on any atom is -0.347 e. The van der Waals surface area contributed by atoms with E-state index in [2.05, 4.69) is 0 Å². The lowest BCUT2D eigenvalue weighted by Crippen LogP contribution is -2.47. The Labute approximate surface area is 85.9 Å². The maximum absolute atomic E-state index is 11.8. The SMILES string of the molecule is CCC(C)C(C(=O)N(C)C)N(C)C=O. The van der Waals surface area contributed by atoms with Crippen molar-refractivity contribution < 1.29 is 9.59 Å². The second-order valence-corrected chi connectivity index (χ2v) is 3.83. The highest BCUT2D eigenvalue weighted by Crippen LogP contribution is 2.14. The lowest BCUT2D eigenvalue weighted by molar-refractivity contribution is -0.139. The molecule has 0 aromatic heterocycles. The Balaban J connectivity index is 4.71. The maximum Gasteiger partial charge on any atom is 0.245 e. The molecule has 0 aliphatic heterocycles. The minimum atomic E-state index is -0.340. The van der Waals surface area contributed by atoms with Gasteiger partial charge in [0.2, 0.25) is 12.3 Å². The minimum absolute atomic E-state index is 0.0195. The van der Waals surface area contributed by atoms with E-state index in [1.807, 2.05) is 13.8 Å². The summed E-state index contributed by atoms with van der Waals surface area (Å²) in [4.78, 5) is 25.4. The second-order valence-electron chi connectivity index (χ2n) is 3.83. The highest BCUT2D eigenvalue weighted by Gasteiger charge is 2.28. The molecular formula is C10H20N2O2. The first-order valence-electron chi connectivity index (χ1n) is 4.84. The third kappa shape index (κ3) is 3.01. The molecule has 14 heavy (non-hydrogen) atoms. The molecule has 0 heterocycles. The van der Waals surface area contributed by atoms with Gasteiger partial charge in [0.25, 0.3) is 0 Å². The smallest absolute Gasteiger partial charge is 0.245 e. The van der Waals surface area contributed by atoms with Gasteiger partial charge in [0.05, 0.1) is 0 Å². The van der Waals surface area contributed by atoms with E-state index in [9.17, 15) is 9.59 Å². The number of hydrogen-bond acceptors (Lipinski definition) is 2. The van der Waals surface area contributed by atoms with E-state index in [0.717, 1.165) is 6.42 Å². The van der Waals surface area contributed by atoms with Gasteiger partial charge in [0.15, 0.2) is 0 Å². The molecule has 82 valence electrons. The van der Waals surface area contributed by atoms with Crippen LogP contribution in [0.2, 0.25) is 0 Å². The van der Waals surface area contributed by atoms with Gasteiger partial charge in [-0.1, -0.05) is 20.3 Å². The van der Waals surface area contributed by atoms with Gasteiger partial charge in [-0.15, -0.1) is 0 Å². The van der Waals surface area contributed by atoms with Crippen molar-refractivity contribution in [2.75, 3.05) is 21.1 Å². The van der Waals surface area contributed by atoms with Gasteiger partial charge in [-0.25, -0.2) is 0 Å². The first kappa shape index (κ1) is 12.9. The summed E-state index contributed by atoms with van der Waals surface area (Å²) in [6, 6.07) is -0.340. The van der Waals surface area contributed by atoms with Crippen LogP contribution in [0.25, 0.3) is 0 Å². The van der Waals surface area contributed by atoms with Gasteiger partial charge >= 0.3 is 0 Å². The highest BCUT2D eigenvalue weighted by atomic mass is 16.2. The van der Waals surface area contributed by atoms with Crippen LogP contribution in [0.15, 0.2) is 0 Å². The predicted octanol–water partition coefficient (Wildman–Crippen LogP) is 0.577. The molecule has 0 saturated carbocycles. The summed E-state index contributed by atoms with van der Waals surface area (Å²) in [5.41, 5.74) is 0. The molecule has 0 radical (unpaired) electrons. The van der Waals surface area contributed by atoms with E-state index in [4.69, 9.17) is 0 Å². The first-order valence-corrected chi connectivity index (χ1v) is 4.84. The van der Waals surface area contributed by atoms with Crippen LogP contribution in [0.5, 0.6) is 0 Å². The van der Waals surface area contributed by atoms with Crippen molar-refractivity contribution in [2.45, 2.75) is 26.3 Å². The number of hydrogen-bond donors (Lipinski definition) is 0. The van der Waals surface area contributed by atoms with Crippen molar-refractivity contribution in [3.05, 3.63) is 0 Å². The average Bonchev–Trinajstić information content (AvgIpc) is 2.16. The van der Waals surface area contributed by atoms with E-state index >= 15 is 0 Å². The molecule has 2 atom stereocenters. The average molecular weight is 200 g/mol. The largest absolute Gasteiger partial charge is 0.347 e. The van der Waals surface area contributed by atoms with Gasteiger partial charge < -0.3 is 9.80 Å². The summed E-state index contributed by atoms with van der Waals surface area (Å²) >= 11 is 0. The molecule has 0 saturated heterocycles. The van der Waals surface area contributed by atoms with E-state index in [0.29, 0.717) is 6.41 Å². The third-order valence-corrected chi connectivity index (χ3v) is 2.48. The zero-order valence-electron chi connectivity index (χ0n) is 9.65. The number of carbonyl (C=O) groups is 2. The van der Waals surface area contributed by atoms with Crippen molar-refractivity contribution >= 4 is 12.3 Å². The molecule has 0 N–H and O–H groups in total. The number of likely N-dealkylation sites (N-methyl/N-ethyl adjacent to an activating group) is 2. The Morgan fingerprint density at radius 3 is 2.14 bits per heavy atom. The van der Waals surface area contributed by atoms with Crippen LogP contribution >= 0.6 is 0 Å². The second kappa shape index (κ2) is 5.62. The summed E-state index contributed by atoms with van der Waals surface area (Å²) in [5.74, 6) is 0.161. The monoisotopic (exact) mass is 200 g/mol. The predicted molar refractivity (Wildman–Crippen MR) is 55.8 cm³/mol. The topological polar surface area (TPSA) is 40.6 Å². The van der Waals surface area contributed by atoms with Crippen LogP contribution in [-0.2, 0) is 9.59 Å². The van der Waals surface area contributed by atoms with Crippen molar-refractivity contribution in [1.29, 1.82) is 0 Å². The van der Waals surface area contributed by atoms with Crippen molar-refractivity contribution in [3.63, 3.8) is 0 Å². The number of amides is 2. The molecular weight excluding hydrogens is 180 g/mol. The Kier molecular flexibility index (Phi) is 5.20. The lowest BCUT2D eigenvalue weighted by atomic mass is 9.97. The molecule has 0 aromatic rings. The molecule has 4 nitrogen and oxygen atoms in total. The first-order chi connectivity index (χ1) is 6.45. The molecule has 0 aliphatic rings. The summed E-state index contributed by atoms with van der Waals surface area (Å²) in [5, 5.41) is 0. The van der Waals surface area contributed by atoms with E-state index in [-0.39, 0.29) is 17.9 Å². The molecule has 0 bridgehead atoms. The fraction of sp³-hybridized carbons (Fsp3) is 0.800. The summed E-state index contributed by atoms with van der Waals surface area (Å²) in [6.07, 6.45) is 1.58. The van der Waals surface area contributed by atoms with Crippen molar-refractivity contribution in [3.8, 4) is 0 Å². The van der Waals surface area contributed by atoms with Crippen molar-refractivity contribution in [1.82, 2.24) is 9.80 Å². The molecule has 2 unspecified atom stereocenters. The number of nitrogens with zero attached hydrogens (tertiary/aromatic N) is 2. The summed E-state index contributed by atoms with van der Waals surface area (Å²) < 4.78 is 0. The molecule has 0 aromatic carbocycles. The molecule has 0 spiro atoms. The Morgan fingerprint density at radius 2 is 1.86 bits per heavy atom. The molecule has 0 rings (SSSR count). The Bertz CT molecular complexity index is 204. The number of carbonyl (C=O) groups excluding carboxylic acids is 2. The van der Waals surface area contributed by atoms with Crippen LogP contribution in [0.3, 0.4) is 0 Å². The number of rotatable bonds is 5. The molecule has 2 amide bonds. The van der Waals surface area contributed by atoms with Gasteiger partial charge in [-0.05, 0) is 5.92 Å².